The molecule has 0 saturated heterocycles. The molecule has 2 aromatic carbocycles. The average molecular weight is 388 g/mol. The van der Waals surface area contributed by atoms with Crippen LogP contribution in [0.5, 0.6) is 11.5 Å². The molecule has 27 heavy (non-hydrogen) atoms. The third-order valence-corrected chi connectivity index (χ3v) is 3.65. The number of carbonyl (C=O) groups excluding carboxylic acids is 1. The first-order valence-corrected chi connectivity index (χ1v) is 9.19. The minimum absolute atomic E-state index is 0.214. The van der Waals surface area contributed by atoms with Crippen molar-refractivity contribution in [2.24, 2.45) is 0 Å². The molecule has 0 bridgehead atoms. The summed E-state index contributed by atoms with van der Waals surface area (Å²) in [6.45, 7) is 6.09. The highest BCUT2D eigenvalue weighted by molar-refractivity contribution is 7.80. The minimum Gasteiger partial charge on any atom is -0.494 e. The van der Waals surface area contributed by atoms with E-state index in [1.165, 1.54) is 0 Å². The molecule has 0 aromatic heterocycles. The zero-order valence-corrected chi connectivity index (χ0v) is 16.3. The third kappa shape index (κ3) is 7.24. The number of hydrogen-bond acceptors (Lipinski definition) is 5. The van der Waals surface area contributed by atoms with Gasteiger partial charge in [-0.3, -0.25) is 10.1 Å². The normalized spacial score (nSPS) is 10.1. The van der Waals surface area contributed by atoms with E-state index in [4.69, 9.17) is 26.4 Å². The fraction of sp³-hybridized carbons (Fsp3) is 0.300. The molecule has 0 aliphatic rings. The minimum atomic E-state index is -0.297. The number of hydrogen-bond donors (Lipinski definition) is 2. The van der Waals surface area contributed by atoms with Crippen molar-refractivity contribution in [3.8, 4) is 11.5 Å². The van der Waals surface area contributed by atoms with Crippen molar-refractivity contribution in [1.29, 1.82) is 0 Å². The number of ether oxygens (including phenoxy) is 3. The van der Waals surface area contributed by atoms with Crippen LogP contribution in [0.15, 0.2) is 48.5 Å². The molecular weight excluding hydrogens is 364 g/mol. The molecule has 0 heterocycles. The maximum atomic E-state index is 12.3. The van der Waals surface area contributed by atoms with Crippen LogP contribution in [0.2, 0.25) is 0 Å². The van der Waals surface area contributed by atoms with Gasteiger partial charge in [0.15, 0.2) is 5.11 Å². The smallest absolute Gasteiger partial charge is 0.257 e. The van der Waals surface area contributed by atoms with Gasteiger partial charge in [-0.25, -0.2) is 0 Å². The van der Waals surface area contributed by atoms with Crippen LogP contribution < -0.4 is 20.1 Å². The highest BCUT2D eigenvalue weighted by Crippen LogP contribution is 2.17. The van der Waals surface area contributed by atoms with Crippen molar-refractivity contribution in [2.75, 3.05) is 31.7 Å². The lowest BCUT2D eigenvalue weighted by Gasteiger charge is -2.11. The summed E-state index contributed by atoms with van der Waals surface area (Å²) in [7, 11) is 0. The topological polar surface area (TPSA) is 68.8 Å². The molecule has 2 N–H and O–H groups in total. The standard InChI is InChI=1S/C20H24N2O4S/c1-3-24-12-13-26-17-10-8-15(9-11-17)19(23)22-20(27)21-16-6-5-7-18(14-16)25-4-2/h5-11,14H,3-4,12-13H2,1-2H3,(H2,21,22,23,27). The summed E-state index contributed by atoms with van der Waals surface area (Å²) in [5, 5.41) is 5.84. The van der Waals surface area contributed by atoms with Gasteiger partial charge in [0.1, 0.15) is 18.1 Å². The molecule has 7 heteroatoms. The second-order valence-electron chi connectivity index (χ2n) is 5.44. The van der Waals surface area contributed by atoms with Crippen molar-refractivity contribution in [3.63, 3.8) is 0 Å². The molecule has 0 atom stereocenters. The number of anilines is 1. The molecule has 0 radical (unpaired) electrons. The average Bonchev–Trinajstić information content (AvgIpc) is 2.66. The van der Waals surface area contributed by atoms with Crippen LogP contribution in [-0.2, 0) is 4.74 Å². The number of carbonyl (C=O) groups is 1. The SMILES string of the molecule is CCOCCOc1ccc(C(=O)NC(=S)Nc2cccc(OCC)c2)cc1. The number of rotatable bonds is 9. The molecule has 0 aliphatic carbocycles. The molecule has 6 nitrogen and oxygen atoms in total. The Bertz CT molecular complexity index is 750. The van der Waals surface area contributed by atoms with E-state index in [9.17, 15) is 4.79 Å². The zero-order chi connectivity index (χ0) is 19.5. The van der Waals surface area contributed by atoms with E-state index >= 15 is 0 Å². The van der Waals surface area contributed by atoms with Crippen LogP contribution in [0.3, 0.4) is 0 Å². The summed E-state index contributed by atoms with van der Waals surface area (Å²) in [4.78, 5) is 12.3. The molecule has 0 fully saturated rings. The zero-order valence-electron chi connectivity index (χ0n) is 15.5. The van der Waals surface area contributed by atoms with Crippen LogP contribution in [0.1, 0.15) is 24.2 Å². The number of thiocarbonyl (C=S) groups is 1. The lowest BCUT2D eigenvalue weighted by Crippen LogP contribution is -2.34. The summed E-state index contributed by atoms with van der Waals surface area (Å²) >= 11 is 5.21. The second-order valence-corrected chi connectivity index (χ2v) is 5.85. The fourth-order valence-electron chi connectivity index (χ4n) is 2.23. The van der Waals surface area contributed by atoms with E-state index in [0.717, 1.165) is 11.4 Å². The van der Waals surface area contributed by atoms with Gasteiger partial charge in [0.25, 0.3) is 5.91 Å². The molecule has 0 aliphatic heterocycles. The predicted octanol–water partition coefficient (Wildman–Crippen LogP) is 3.63. The van der Waals surface area contributed by atoms with Gasteiger partial charge in [-0.15, -0.1) is 0 Å². The lowest BCUT2D eigenvalue weighted by atomic mass is 10.2. The van der Waals surface area contributed by atoms with Crippen LogP contribution in [0.4, 0.5) is 5.69 Å². The number of amides is 1. The third-order valence-electron chi connectivity index (χ3n) is 3.45. The van der Waals surface area contributed by atoms with Crippen molar-refractivity contribution in [1.82, 2.24) is 5.32 Å². The Morgan fingerprint density at radius 3 is 2.44 bits per heavy atom. The first kappa shape index (κ1) is 20.7. The maximum absolute atomic E-state index is 12.3. The van der Waals surface area contributed by atoms with E-state index in [0.29, 0.717) is 37.7 Å². The molecule has 0 spiro atoms. The van der Waals surface area contributed by atoms with Crippen LogP contribution in [0.25, 0.3) is 0 Å². The van der Waals surface area contributed by atoms with Crippen LogP contribution in [0, 0.1) is 0 Å². The Labute approximate surface area is 164 Å². The second kappa shape index (κ2) is 11.2. The Morgan fingerprint density at radius 2 is 1.74 bits per heavy atom. The molecule has 0 unspecified atom stereocenters. The monoisotopic (exact) mass is 388 g/mol. The molecule has 2 rings (SSSR count). The van der Waals surface area contributed by atoms with Gasteiger partial charge in [-0.05, 0) is 62.5 Å². The molecule has 0 saturated carbocycles. The van der Waals surface area contributed by atoms with Crippen LogP contribution >= 0.6 is 12.2 Å². The van der Waals surface area contributed by atoms with Gasteiger partial charge in [-0.2, -0.15) is 0 Å². The number of nitrogens with one attached hydrogen (secondary N) is 2. The molecule has 144 valence electrons. The van der Waals surface area contributed by atoms with Gasteiger partial charge >= 0.3 is 0 Å². The molecular formula is C20H24N2O4S. The van der Waals surface area contributed by atoms with Crippen molar-refractivity contribution >= 4 is 28.9 Å². The summed E-state index contributed by atoms with van der Waals surface area (Å²) < 4.78 is 16.2. The molecule has 1 amide bonds. The van der Waals surface area contributed by atoms with E-state index in [2.05, 4.69) is 10.6 Å². The summed E-state index contributed by atoms with van der Waals surface area (Å²) in [5.74, 6) is 1.12. The maximum Gasteiger partial charge on any atom is 0.257 e. The van der Waals surface area contributed by atoms with Gasteiger partial charge in [-0.1, -0.05) is 6.07 Å². The van der Waals surface area contributed by atoms with Gasteiger partial charge < -0.3 is 19.5 Å². The van der Waals surface area contributed by atoms with Gasteiger partial charge in [0, 0.05) is 23.9 Å². The lowest BCUT2D eigenvalue weighted by molar-refractivity contribution is 0.0977. The van der Waals surface area contributed by atoms with Crippen molar-refractivity contribution in [2.45, 2.75) is 13.8 Å². The summed E-state index contributed by atoms with van der Waals surface area (Å²) in [6, 6.07) is 14.2. The van der Waals surface area contributed by atoms with Gasteiger partial charge in [0.05, 0.1) is 13.2 Å². The predicted molar refractivity (Wildman–Crippen MR) is 110 cm³/mol. The van der Waals surface area contributed by atoms with Crippen molar-refractivity contribution < 1.29 is 19.0 Å². The van der Waals surface area contributed by atoms with Gasteiger partial charge in [0.2, 0.25) is 0 Å². The largest absolute Gasteiger partial charge is 0.494 e. The van der Waals surface area contributed by atoms with E-state index in [-0.39, 0.29) is 11.0 Å². The van der Waals surface area contributed by atoms with E-state index in [1.807, 2.05) is 38.1 Å². The summed E-state index contributed by atoms with van der Waals surface area (Å²) in [5.41, 5.74) is 1.23. The number of benzene rings is 2. The Hall–Kier alpha value is -2.64. The van der Waals surface area contributed by atoms with Crippen molar-refractivity contribution in [3.05, 3.63) is 54.1 Å². The molecule has 2 aromatic rings. The Kier molecular flexibility index (Phi) is 8.54. The Morgan fingerprint density at radius 1 is 0.963 bits per heavy atom. The first-order chi connectivity index (χ1) is 13.1. The van der Waals surface area contributed by atoms with E-state index in [1.54, 1.807) is 24.3 Å². The highest BCUT2D eigenvalue weighted by atomic mass is 32.1. The fourth-order valence-corrected chi connectivity index (χ4v) is 2.44. The Balaban J connectivity index is 1.85. The van der Waals surface area contributed by atoms with Crippen LogP contribution in [-0.4, -0.2) is 37.4 Å². The van der Waals surface area contributed by atoms with E-state index < -0.39 is 0 Å². The highest BCUT2D eigenvalue weighted by Gasteiger charge is 2.08. The summed E-state index contributed by atoms with van der Waals surface area (Å²) in [6.07, 6.45) is 0. The quantitative estimate of drug-likeness (QED) is 0.505. The first-order valence-electron chi connectivity index (χ1n) is 8.78.